The molecule has 2 aliphatic rings. The van der Waals surface area contributed by atoms with Crippen molar-refractivity contribution in [2.45, 2.75) is 32.6 Å². The van der Waals surface area contributed by atoms with Crippen molar-refractivity contribution in [3.05, 3.63) is 0 Å². The number of likely N-dealkylation sites (N-methyl/N-ethyl adjacent to an activating group) is 1. The van der Waals surface area contributed by atoms with Gasteiger partial charge in [-0.3, -0.25) is 9.59 Å². The molecule has 0 spiro atoms. The number of rotatable bonds is 5. The quantitative estimate of drug-likeness (QED) is 0.788. The van der Waals surface area contributed by atoms with Crippen molar-refractivity contribution in [3.63, 3.8) is 0 Å². The third-order valence-electron chi connectivity index (χ3n) is 4.18. The highest BCUT2D eigenvalue weighted by atomic mass is 16.4. The number of aliphatic carboxylic acids is 1. The van der Waals surface area contributed by atoms with Gasteiger partial charge in [0.1, 0.15) is 0 Å². The molecular weight excluding hydrogens is 232 g/mol. The SMILES string of the molecule is CCN1CCN(C(=O)CC2(CC(=O)O)CC2)CC1. The van der Waals surface area contributed by atoms with E-state index >= 15 is 0 Å². The van der Waals surface area contributed by atoms with E-state index in [4.69, 9.17) is 5.11 Å². The van der Waals surface area contributed by atoms with Crippen LogP contribution in [0.4, 0.5) is 0 Å². The summed E-state index contributed by atoms with van der Waals surface area (Å²) in [7, 11) is 0. The van der Waals surface area contributed by atoms with Crippen molar-refractivity contribution in [3.8, 4) is 0 Å². The lowest BCUT2D eigenvalue weighted by molar-refractivity contribution is -0.139. The number of carboxylic acid groups (broad SMARTS) is 1. The fourth-order valence-corrected chi connectivity index (χ4v) is 2.66. The topological polar surface area (TPSA) is 60.9 Å². The Kier molecular flexibility index (Phi) is 3.90. The van der Waals surface area contributed by atoms with E-state index in [9.17, 15) is 9.59 Å². The number of carbonyl (C=O) groups is 2. The molecule has 2 fully saturated rings. The third-order valence-corrected chi connectivity index (χ3v) is 4.18. The summed E-state index contributed by atoms with van der Waals surface area (Å²) in [6.45, 7) is 6.61. The molecule has 18 heavy (non-hydrogen) atoms. The van der Waals surface area contributed by atoms with E-state index in [2.05, 4.69) is 11.8 Å². The van der Waals surface area contributed by atoms with Crippen molar-refractivity contribution in [2.75, 3.05) is 32.7 Å². The largest absolute Gasteiger partial charge is 0.481 e. The molecule has 1 aliphatic heterocycles. The summed E-state index contributed by atoms with van der Waals surface area (Å²) in [6, 6.07) is 0. The summed E-state index contributed by atoms with van der Waals surface area (Å²) in [4.78, 5) is 27.1. The molecule has 1 N–H and O–H groups in total. The van der Waals surface area contributed by atoms with Crippen LogP contribution in [0.2, 0.25) is 0 Å². The fraction of sp³-hybridized carbons (Fsp3) is 0.846. The van der Waals surface area contributed by atoms with Gasteiger partial charge in [0.25, 0.3) is 0 Å². The summed E-state index contributed by atoms with van der Waals surface area (Å²) in [5.74, 6) is -0.638. The van der Waals surface area contributed by atoms with Gasteiger partial charge in [0.15, 0.2) is 0 Å². The molecule has 1 amide bonds. The molecule has 1 heterocycles. The summed E-state index contributed by atoms with van der Waals surface area (Å²) in [5.41, 5.74) is -0.217. The molecule has 1 saturated carbocycles. The number of piperazine rings is 1. The van der Waals surface area contributed by atoms with Crippen LogP contribution in [0.5, 0.6) is 0 Å². The lowest BCUT2D eigenvalue weighted by Crippen LogP contribution is -2.48. The average Bonchev–Trinajstić information content (AvgIpc) is 3.07. The second kappa shape index (κ2) is 5.26. The van der Waals surface area contributed by atoms with Gasteiger partial charge in [-0.1, -0.05) is 6.92 Å². The molecule has 0 radical (unpaired) electrons. The minimum Gasteiger partial charge on any atom is -0.481 e. The number of hydrogen-bond donors (Lipinski definition) is 1. The van der Waals surface area contributed by atoms with Crippen molar-refractivity contribution in [2.24, 2.45) is 5.41 Å². The van der Waals surface area contributed by atoms with Gasteiger partial charge in [-0.15, -0.1) is 0 Å². The molecule has 0 bridgehead atoms. The Bertz CT molecular complexity index is 331. The molecule has 1 aliphatic carbocycles. The van der Waals surface area contributed by atoms with Gasteiger partial charge < -0.3 is 14.9 Å². The highest BCUT2D eigenvalue weighted by molar-refractivity contribution is 5.79. The van der Waals surface area contributed by atoms with E-state index in [1.807, 2.05) is 4.90 Å². The Morgan fingerprint density at radius 1 is 1.11 bits per heavy atom. The third kappa shape index (κ3) is 3.22. The summed E-state index contributed by atoms with van der Waals surface area (Å²) < 4.78 is 0. The smallest absolute Gasteiger partial charge is 0.303 e. The summed E-state index contributed by atoms with van der Waals surface area (Å²) in [6.07, 6.45) is 2.35. The van der Waals surface area contributed by atoms with Crippen LogP contribution in [0, 0.1) is 5.41 Å². The Labute approximate surface area is 108 Å². The molecule has 5 heteroatoms. The molecule has 0 aromatic carbocycles. The van der Waals surface area contributed by atoms with E-state index in [-0.39, 0.29) is 17.7 Å². The second-order valence-corrected chi connectivity index (χ2v) is 5.56. The molecular formula is C13H22N2O3. The number of hydrogen-bond acceptors (Lipinski definition) is 3. The number of carboxylic acids is 1. The lowest BCUT2D eigenvalue weighted by atomic mass is 9.97. The van der Waals surface area contributed by atoms with Crippen molar-refractivity contribution < 1.29 is 14.7 Å². The van der Waals surface area contributed by atoms with E-state index in [1.54, 1.807) is 0 Å². The first-order valence-corrected chi connectivity index (χ1v) is 6.77. The molecule has 0 atom stereocenters. The zero-order chi connectivity index (χ0) is 13.2. The Morgan fingerprint density at radius 3 is 2.17 bits per heavy atom. The van der Waals surface area contributed by atoms with Crippen LogP contribution in [0.25, 0.3) is 0 Å². The second-order valence-electron chi connectivity index (χ2n) is 5.56. The minimum absolute atomic E-state index is 0.143. The summed E-state index contributed by atoms with van der Waals surface area (Å²) >= 11 is 0. The van der Waals surface area contributed by atoms with Gasteiger partial charge in [0.05, 0.1) is 6.42 Å². The van der Waals surface area contributed by atoms with Gasteiger partial charge in [-0.05, 0) is 24.8 Å². The number of carbonyl (C=O) groups excluding carboxylic acids is 1. The lowest BCUT2D eigenvalue weighted by Gasteiger charge is -2.34. The Hall–Kier alpha value is -1.10. The van der Waals surface area contributed by atoms with E-state index < -0.39 is 5.97 Å². The van der Waals surface area contributed by atoms with Crippen LogP contribution in [-0.4, -0.2) is 59.5 Å². The standard InChI is InChI=1S/C13H22N2O3/c1-2-14-5-7-15(8-6-14)11(16)9-13(3-4-13)10-12(17)18/h2-10H2,1H3,(H,17,18). The monoisotopic (exact) mass is 254 g/mol. The zero-order valence-electron chi connectivity index (χ0n) is 11.0. The maximum atomic E-state index is 12.1. The fourth-order valence-electron chi connectivity index (χ4n) is 2.66. The molecule has 1 saturated heterocycles. The van der Waals surface area contributed by atoms with Crippen LogP contribution >= 0.6 is 0 Å². The van der Waals surface area contributed by atoms with E-state index in [0.717, 1.165) is 45.6 Å². The van der Waals surface area contributed by atoms with Gasteiger partial charge in [0.2, 0.25) is 5.91 Å². The first kappa shape index (κ1) is 13.3. The highest BCUT2D eigenvalue weighted by Gasteiger charge is 2.46. The van der Waals surface area contributed by atoms with Crippen LogP contribution in [-0.2, 0) is 9.59 Å². The predicted molar refractivity (Wildman–Crippen MR) is 67.2 cm³/mol. The molecule has 102 valence electrons. The van der Waals surface area contributed by atoms with Crippen molar-refractivity contribution in [1.82, 2.24) is 9.80 Å². The van der Waals surface area contributed by atoms with E-state index in [1.165, 1.54) is 0 Å². The molecule has 0 aromatic rings. The van der Waals surface area contributed by atoms with Crippen LogP contribution in [0.3, 0.4) is 0 Å². The van der Waals surface area contributed by atoms with Crippen molar-refractivity contribution in [1.29, 1.82) is 0 Å². The summed E-state index contributed by atoms with van der Waals surface area (Å²) in [5, 5.41) is 8.85. The Balaban J connectivity index is 1.80. The van der Waals surface area contributed by atoms with Crippen LogP contribution < -0.4 is 0 Å². The molecule has 0 aromatic heterocycles. The number of nitrogens with zero attached hydrogens (tertiary/aromatic N) is 2. The van der Waals surface area contributed by atoms with Gasteiger partial charge in [-0.25, -0.2) is 0 Å². The zero-order valence-corrected chi connectivity index (χ0v) is 11.0. The maximum absolute atomic E-state index is 12.1. The maximum Gasteiger partial charge on any atom is 0.303 e. The van der Waals surface area contributed by atoms with Gasteiger partial charge in [-0.2, -0.15) is 0 Å². The first-order valence-electron chi connectivity index (χ1n) is 6.77. The molecule has 0 unspecified atom stereocenters. The van der Waals surface area contributed by atoms with E-state index in [0.29, 0.717) is 6.42 Å². The van der Waals surface area contributed by atoms with Crippen LogP contribution in [0.1, 0.15) is 32.6 Å². The molecule has 5 nitrogen and oxygen atoms in total. The predicted octanol–water partition coefficient (Wildman–Crippen LogP) is 0.795. The van der Waals surface area contributed by atoms with Crippen molar-refractivity contribution >= 4 is 11.9 Å². The number of amides is 1. The minimum atomic E-state index is -0.781. The normalized spacial score (nSPS) is 22.8. The Morgan fingerprint density at radius 2 is 1.72 bits per heavy atom. The van der Waals surface area contributed by atoms with Crippen LogP contribution in [0.15, 0.2) is 0 Å². The van der Waals surface area contributed by atoms with Gasteiger partial charge >= 0.3 is 5.97 Å². The van der Waals surface area contributed by atoms with Gasteiger partial charge in [0, 0.05) is 32.6 Å². The first-order chi connectivity index (χ1) is 8.54. The average molecular weight is 254 g/mol. The highest BCUT2D eigenvalue weighted by Crippen LogP contribution is 2.52. The molecule has 2 rings (SSSR count).